The van der Waals surface area contributed by atoms with Crippen molar-refractivity contribution in [1.29, 1.82) is 0 Å². The standard InChI is InChI=1S/C18H23NO3/c1-10-4-3-5-11(2)16(10)19-17(20)14-12-6-8-13(9-7-12)15(14)18(21)22/h3-5,12-15H,6-9H2,1-2H3,(H,19,20)(H,21,22)/t12?,13?,14-,15-/m1/s1. The second-order valence-corrected chi connectivity index (χ2v) is 6.82. The predicted octanol–water partition coefficient (Wildman–Crippen LogP) is 3.38. The second-order valence-electron chi connectivity index (χ2n) is 6.82. The molecule has 118 valence electrons. The van der Waals surface area contributed by atoms with Crippen LogP contribution >= 0.6 is 0 Å². The zero-order chi connectivity index (χ0) is 15.9. The van der Waals surface area contributed by atoms with Crippen molar-refractivity contribution >= 4 is 17.6 Å². The molecule has 0 aromatic heterocycles. The number of fused-ring (bicyclic) bond motifs is 3. The number of aryl methyl sites for hydroxylation is 2. The minimum absolute atomic E-state index is 0.112. The number of carboxylic acids is 1. The summed E-state index contributed by atoms with van der Waals surface area (Å²) in [6, 6.07) is 5.89. The highest BCUT2D eigenvalue weighted by molar-refractivity contribution is 5.96. The average Bonchev–Trinajstić information content (AvgIpc) is 2.51. The van der Waals surface area contributed by atoms with Gasteiger partial charge in [0.05, 0.1) is 11.8 Å². The van der Waals surface area contributed by atoms with E-state index in [4.69, 9.17) is 0 Å². The van der Waals surface area contributed by atoms with Crippen molar-refractivity contribution in [2.45, 2.75) is 39.5 Å². The Morgan fingerprint density at radius 1 is 1.00 bits per heavy atom. The lowest BCUT2D eigenvalue weighted by atomic mass is 9.58. The monoisotopic (exact) mass is 301 g/mol. The lowest BCUT2D eigenvalue weighted by molar-refractivity contribution is -0.156. The van der Waals surface area contributed by atoms with Gasteiger partial charge in [0.15, 0.2) is 0 Å². The van der Waals surface area contributed by atoms with Gasteiger partial charge in [-0.3, -0.25) is 9.59 Å². The van der Waals surface area contributed by atoms with Gasteiger partial charge in [-0.15, -0.1) is 0 Å². The van der Waals surface area contributed by atoms with E-state index in [0.717, 1.165) is 42.5 Å². The van der Waals surface area contributed by atoms with Crippen LogP contribution in [0.5, 0.6) is 0 Å². The Morgan fingerprint density at radius 2 is 1.50 bits per heavy atom. The quantitative estimate of drug-likeness (QED) is 0.899. The van der Waals surface area contributed by atoms with Gasteiger partial charge in [-0.05, 0) is 62.5 Å². The number of nitrogens with one attached hydrogen (secondary N) is 1. The lowest BCUT2D eigenvalue weighted by Crippen LogP contribution is -2.49. The van der Waals surface area contributed by atoms with Crippen molar-refractivity contribution in [1.82, 2.24) is 0 Å². The van der Waals surface area contributed by atoms with Gasteiger partial charge >= 0.3 is 5.97 Å². The third kappa shape index (κ3) is 2.51. The summed E-state index contributed by atoms with van der Waals surface area (Å²) >= 11 is 0. The molecule has 4 heteroatoms. The van der Waals surface area contributed by atoms with E-state index in [0.29, 0.717) is 0 Å². The summed E-state index contributed by atoms with van der Waals surface area (Å²) in [5.41, 5.74) is 2.86. The molecule has 0 saturated heterocycles. The fraction of sp³-hybridized carbons (Fsp3) is 0.556. The Bertz CT molecular complexity index is 582. The van der Waals surface area contributed by atoms with Crippen molar-refractivity contribution in [3.8, 4) is 0 Å². The molecule has 0 unspecified atom stereocenters. The minimum Gasteiger partial charge on any atom is -0.481 e. The van der Waals surface area contributed by atoms with Crippen molar-refractivity contribution in [2.24, 2.45) is 23.7 Å². The molecule has 2 bridgehead atoms. The number of rotatable bonds is 3. The van der Waals surface area contributed by atoms with Crippen LogP contribution in [0.1, 0.15) is 36.8 Å². The molecular formula is C18H23NO3. The maximum absolute atomic E-state index is 12.8. The molecule has 1 amide bonds. The van der Waals surface area contributed by atoms with Crippen LogP contribution in [0, 0.1) is 37.5 Å². The summed E-state index contributed by atoms with van der Waals surface area (Å²) in [6.45, 7) is 3.93. The molecule has 2 N–H and O–H groups in total. The molecule has 3 aliphatic rings. The van der Waals surface area contributed by atoms with E-state index in [1.165, 1.54) is 0 Å². The Balaban J connectivity index is 1.86. The summed E-state index contributed by atoms with van der Waals surface area (Å²) in [4.78, 5) is 24.5. The van der Waals surface area contributed by atoms with Crippen LogP contribution in [0.25, 0.3) is 0 Å². The molecule has 0 heterocycles. The molecule has 4 rings (SSSR count). The van der Waals surface area contributed by atoms with E-state index >= 15 is 0 Å². The van der Waals surface area contributed by atoms with Gasteiger partial charge in [0.2, 0.25) is 5.91 Å². The summed E-state index contributed by atoms with van der Waals surface area (Å²) in [6.07, 6.45) is 3.88. The van der Waals surface area contributed by atoms with Crippen LogP contribution in [-0.4, -0.2) is 17.0 Å². The summed E-state index contributed by atoms with van der Waals surface area (Å²) in [5, 5.41) is 12.6. The SMILES string of the molecule is Cc1cccc(C)c1NC(=O)[C@@H]1C2CCC(CC2)[C@H]1C(=O)O. The van der Waals surface area contributed by atoms with E-state index < -0.39 is 11.9 Å². The highest BCUT2D eigenvalue weighted by atomic mass is 16.4. The smallest absolute Gasteiger partial charge is 0.307 e. The molecule has 3 aliphatic carbocycles. The third-order valence-electron chi connectivity index (χ3n) is 5.54. The largest absolute Gasteiger partial charge is 0.481 e. The van der Waals surface area contributed by atoms with E-state index in [1.54, 1.807) is 0 Å². The molecule has 0 radical (unpaired) electrons. The number of anilines is 1. The van der Waals surface area contributed by atoms with Gasteiger partial charge in [-0.1, -0.05) is 18.2 Å². The molecule has 0 aliphatic heterocycles. The molecule has 3 saturated carbocycles. The number of carbonyl (C=O) groups is 2. The fourth-order valence-corrected chi connectivity index (χ4v) is 4.40. The van der Waals surface area contributed by atoms with E-state index in [1.807, 2.05) is 32.0 Å². The Labute approximate surface area is 130 Å². The average molecular weight is 301 g/mol. The van der Waals surface area contributed by atoms with Crippen LogP contribution in [0.2, 0.25) is 0 Å². The molecule has 3 fully saturated rings. The summed E-state index contributed by atoms with van der Waals surface area (Å²) in [7, 11) is 0. The van der Waals surface area contributed by atoms with Crippen molar-refractivity contribution in [3.63, 3.8) is 0 Å². The first kappa shape index (κ1) is 15.1. The van der Waals surface area contributed by atoms with E-state index in [-0.39, 0.29) is 23.7 Å². The topological polar surface area (TPSA) is 66.4 Å². The molecule has 2 atom stereocenters. The van der Waals surface area contributed by atoms with Crippen LogP contribution in [0.4, 0.5) is 5.69 Å². The summed E-state index contributed by atoms with van der Waals surface area (Å²) in [5.74, 6) is -1.44. The van der Waals surface area contributed by atoms with Gasteiger partial charge in [-0.25, -0.2) is 0 Å². The lowest BCUT2D eigenvalue weighted by Gasteiger charge is -2.45. The number of benzene rings is 1. The highest BCUT2D eigenvalue weighted by Crippen LogP contribution is 2.49. The first-order valence-corrected chi connectivity index (χ1v) is 8.09. The van der Waals surface area contributed by atoms with Crippen LogP contribution in [0.3, 0.4) is 0 Å². The zero-order valence-corrected chi connectivity index (χ0v) is 13.1. The van der Waals surface area contributed by atoms with Crippen molar-refractivity contribution < 1.29 is 14.7 Å². The molecular weight excluding hydrogens is 278 g/mol. The first-order chi connectivity index (χ1) is 10.5. The van der Waals surface area contributed by atoms with Crippen LogP contribution in [-0.2, 0) is 9.59 Å². The van der Waals surface area contributed by atoms with Gasteiger partial charge in [0.25, 0.3) is 0 Å². The van der Waals surface area contributed by atoms with E-state index in [9.17, 15) is 14.7 Å². The van der Waals surface area contributed by atoms with Gasteiger partial charge in [0.1, 0.15) is 0 Å². The first-order valence-electron chi connectivity index (χ1n) is 8.09. The van der Waals surface area contributed by atoms with Crippen LogP contribution in [0.15, 0.2) is 18.2 Å². The van der Waals surface area contributed by atoms with Gasteiger partial charge in [-0.2, -0.15) is 0 Å². The maximum Gasteiger partial charge on any atom is 0.307 e. The Hall–Kier alpha value is -1.84. The van der Waals surface area contributed by atoms with Crippen molar-refractivity contribution in [3.05, 3.63) is 29.3 Å². The Kier molecular flexibility index (Phi) is 3.94. The number of hydrogen-bond donors (Lipinski definition) is 2. The normalized spacial score (nSPS) is 30.1. The van der Waals surface area contributed by atoms with E-state index in [2.05, 4.69) is 5.32 Å². The zero-order valence-electron chi connectivity index (χ0n) is 13.1. The molecule has 0 spiro atoms. The van der Waals surface area contributed by atoms with Gasteiger partial charge in [0, 0.05) is 5.69 Å². The fourth-order valence-electron chi connectivity index (χ4n) is 4.40. The predicted molar refractivity (Wildman–Crippen MR) is 84.6 cm³/mol. The highest BCUT2D eigenvalue weighted by Gasteiger charge is 2.50. The number of para-hydroxylation sites is 1. The number of carbonyl (C=O) groups excluding carboxylic acids is 1. The molecule has 22 heavy (non-hydrogen) atoms. The Morgan fingerprint density at radius 3 is 2.00 bits per heavy atom. The number of amides is 1. The summed E-state index contributed by atoms with van der Waals surface area (Å²) < 4.78 is 0. The maximum atomic E-state index is 12.8. The number of carboxylic acid groups (broad SMARTS) is 1. The third-order valence-corrected chi connectivity index (χ3v) is 5.54. The second kappa shape index (κ2) is 5.75. The molecule has 4 nitrogen and oxygen atoms in total. The van der Waals surface area contributed by atoms with Crippen molar-refractivity contribution in [2.75, 3.05) is 5.32 Å². The minimum atomic E-state index is -0.809. The van der Waals surface area contributed by atoms with Crippen LogP contribution < -0.4 is 5.32 Å². The molecule has 1 aromatic carbocycles. The number of hydrogen-bond acceptors (Lipinski definition) is 2. The number of aliphatic carboxylic acids is 1. The van der Waals surface area contributed by atoms with Gasteiger partial charge < -0.3 is 10.4 Å². The molecule has 1 aromatic rings.